The molecule has 26 heavy (non-hydrogen) atoms. The van der Waals surface area contributed by atoms with Gasteiger partial charge in [0.1, 0.15) is 5.71 Å². The Hall–Kier alpha value is -2.04. The predicted octanol–water partition coefficient (Wildman–Crippen LogP) is 2.42. The maximum atomic E-state index is 12.7. The molecule has 2 aliphatic rings. The molecule has 0 saturated carbocycles. The molecule has 0 aliphatic carbocycles. The summed E-state index contributed by atoms with van der Waals surface area (Å²) in [6.07, 6.45) is 0. The van der Waals surface area contributed by atoms with Crippen LogP contribution in [0.25, 0.3) is 5.57 Å². The topological polar surface area (TPSA) is 85.2 Å². The van der Waals surface area contributed by atoms with Gasteiger partial charge < -0.3 is 20.5 Å². The van der Waals surface area contributed by atoms with Crippen LogP contribution in [0.5, 0.6) is 0 Å². The van der Waals surface area contributed by atoms with E-state index >= 15 is 0 Å². The summed E-state index contributed by atoms with van der Waals surface area (Å²) in [5.41, 5.74) is 4.20. The van der Waals surface area contributed by atoms with Gasteiger partial charge in [-0.05, 0) is 18.2 Å². The number of aliphatic hydroxyl groups is 1. The quantitative estimate of drug-likeness (QED) is 0.309. The molecule has 0 unspecified atom stereocenters. The van der Waals surface area contributed by atoms with E-state index in [1.54, 1.807) is 0 Å². The molecule has 0 aromatic heterocycles. The molecule has 2 aromatic rings. The maximum Gasteiger partial charge on any atom is 0.258 e. The Kier molecular flexibility index (Phi) is 5.26. The molecular formula is C18H14BrLiN3O3. The fraction of sp³-hybridized carbons (Fsp3) is 0.111. The number of hydrogen-bond donors (Lipinski definition) is 3. The van der Waals surface area contributed by atoms with Gasteiger partial charge in [-0.15, -0.1) is 0 Å². The molecule has 3 N–H and O–H groups in total. The van der Waals surface area contributed by atoms with Gasteiger partial charge in [-0.1, -0.05) is 45.4 Å². The third-order valence-corrected chi connectivity index (χ3v) is 4.82. The molecule has 0 atom stereocenters. The van der Waals surface area contributed by atoms with Crippen molar-refractivity contribution in [2.45, 2.75) is 0 Å². The number of β-amino-alcohol motifs (C(OH)–C–C–N with tert-alkyl or cyclic N) is 1. The van der Waals surface area contributed by atoms with E-state index in [-0.39, 0.29) is 37.9 Å². The van der Waals surface area contributed by atoms with Gasteiger partial charge in [0, 0.05) is 41.0 Å². The number of fused-ring (bicyclic) bond motifs is 2. The average Bonchev–Trinajstić information content (AvgIpc) is 3.08. The van der Waals surface area contributed by atoms with Gasteiger partial charge in [-0.2, -0.15) is 0 Å². The van der Waals surface area contributed by atoms with Crippen molar-refractivity contribution in [3.05, 3.63) is 63.8 Å². The number of oxime groups is 1. The number of nitrogens with one attached hydrogen (secondary N) is 1. The molecule has 2 heterocycles. The summed E-state index contributed by atoms with van der Waals surface area (Å²) in [6, 6.07) is 12.9. The van der Waals surface area contributed by atoms with Crippen LogP contribution in [0.1, 0.15) is 11.1 Å². The average molecular weight is 407 g/mol. The van der Waals surface area contributed by atoms with Crippen molar-refractivity contribution in [1.82, 2.24) is 0 Å². The summed E-state index contributed by atoms with van der Waals surface area (Å²) >= 11 is 3.40. The van der Waals surface area contributed by atoms with Crippen molar-refractivity contribution in [1.29, 1.82) is 0 Å². The number of benzene rings is 2. The first-order valence-corrected chi connectivity index (χ1v) is 8.50. The van der Waals surface area contributed by atoms with Gasteiger partial charge in [-0.25, -0.2) is 0 Å². The van der Waals surface area contributed by atoms with Crippen LogP contribution in [0.15, 0.2) is 57.8 Å². The minimum absolute atomic E-state index is 0. The summed E-state index contributed by atoms with van der Waals surface area (Å²) in [6.45, 7) is 0.187. The molecule has 4 rings (SSSR count). The van der Waals surface area contributed by atoms with Crippen LogP contribution in [0.2, 0.25) is 0 Å². The zero-order valence-electron chi connectivity index (χ0n) is 14.0. The van der Waals surface area contributed by atoms with Crippen molar-refractivity contribution in [2.24, 2.45) is 5.16 Å². The monoisotopic (exact) mass is 406 g/mol. The zero-order valence-corrected chi connectivity index (χ0v) is 15.6. The molecule has 6 nitrogen and oxygen atoms in total. The van der Waals surface area contributed by atoms with Crippen LogP contribution in [0, 0.1) is 0 Å². The van der Waals surface area contributed by atoms with E-state index < -0.39 is 0 Å². The molecule has 0 spiro atoms. The molecule has 2 aliphatic heterocycles. The Balaban J connectivity index is 0.00000196. The van der Waals surface area contributed by atoms with Crippen LogP contribution < -0.4 is 10.2 Å². The fourth-order valence-corrected chi connectivity index (χ4v) is 3.71. The number of halogens is 1. The largest absolute Gasteiger partial charge is 0.410 e. The maximum absolute atomic E-state index is 12.7. The number of carbonyl (C=O) groups is 1. The van der Waals surface area contributed by atoms with E-state index in [1.807, 2.05) is 47.4 Å². The standard InChI is InChI=1S/C18H14BrN3O3.Li/c19-10-5-6-11-13(9-10)20-18(24)15(11)17-16(21-25)12-3-1-2-4-14(12)22(17)7-8-23;/h1-6,9,23,25H,7-8H2,(H,20,24);/b17-15-,21-16+;. The third kappa shape index (κ3) is 2.77. The normalized spacial score (nSPS) is 19.2. The number of carbonyl (C=O) groups excluding carboxylic acids is 1. The van der Waals surface area contributed by atoms with Crippen LogP contribution in [-0.2, 0) is 4.79 Å². The Morgan fingerprint density at radius 3 is 2.65 bits per heavy atom. The second kappa shape index (κ2) is 7.29. The Labute approximate surface area is 170 Å². The second-order valence-corrected chi connectivity index (χ2v) is 6.62. The Bertz CT molecular complexity index is 958. The van der Waals surface area contributed by atoms with Crippen LogP contribution in [-0.4, -0.2) is 53.9 Å². The number of allylic oxidation sites excluding steroid dienone is 1. The number of rotatable bonds is 2. The van der Waals surface area contributed by atoms with Gasteiger partial charge in [0.15, 0.2) is 0 Å². The molecule has 1 radical (unpaired) electrons. The number of nitrogens with zero attached hydrogens (tertiary/aromatic N) is 2. The third-order valence-electron chi connectivity index (χ3n) is 4.33. The van der Waals surface area contributed by atoms with Gasteiger partial charge in [0.2, 0.25) is 0 Å². The minimum atomic E-state index is -0.264. The van der Waals surface area contributed by atoms with Crippen molar-refractivity contribution in [3.8, 4) is 0 Å². The van der Waals surface area contributed by atoms with Gasteiger partial charge >= 0.3 is 0 Å². The number of para-hydroxylation sites is 1. The first-order valence-electron chi connectivity index (χ1n) is 7.71. The summed E-state index contributed by atoms with van der Waals surface area (Å²) in [7, 11) is 0. The molecule has 1 amide bonds. The van der Waals surface area contributed by atoms with Crippen LogP contribution in [0.3, 0.4) is 0 Å². The summed E-state index contributed by atoms with van der Waals surface area (Å²) in [4.78, 5) is 14.5. The minimum Gasteiger partial charge on any atom is -0.410 e. The first kappa shape index (κ1) is 18.7. The Morgan fingerprint density at radius 1 is 1.15 bits per heavy atom. The zero-order chi connectivity index (χ0) is 17.6. The predicted molar refractivity (Wildman–Crippen MR) is 105 cm³/mol. The van der Waals surface area contributed by atoms with E-state index in [2.05, 4.69) is 26.4 Å². The molecule has 8 heteroatoms. The summed E-state index contributed by atoms with van der Waals surface area (Å²) in [5.74, 6) is -0.264. The second-order valence-electron chi connectivity index (χ2n) is 5.71. The van der Waals surface area contributed by atoms with Crippen molar-refractivity contribution in [2.75, 3.05) is 23.4 Å². The van der Waals surface area contributed by atoms with Crippen LogP contribution in [0.4, 0.5) is 11.4 Å². The summed E-state index contributed by atoms with van der Waals surface area (Å²) in [5, 5.41) is 25.4. The number of hydrogen-bond acceptors (Lipinski definition) is 5. The van der Waals surface area contributed by atoms with Crippen molar-refractivity contribution in [3.63, 3.8) is 0 Å². The van der Waals surface area contributed by atoms with Crippen molar-refractivity contribution < 1.29 is 15.1 Å². The molecule has 0 bridgehead atoms. The molecule has 0 saturated heterocycles. The van der Waals surface area contributed by atoms with Gasteiger partial charge in [-0.3, -0.25) is 4.79 Å². The van der Waals surface area contributed by atoms with Gasteiger partial charge in [0.25, 0.3) is 5.91 Å². The SMILES string of the molecule is O=C1Nc2cc(Br)ccc2/C1=C1\C(=N\O)c2ccccc2N1CCO.[Li]. The fourth-order valence-electron chi connectivity index (χ4n) is 3.35. The number of aliphatic hydroxyl groups excluding tert-OH is 1. The molecule has 2 aromatic carbocycles. The number of amides is 1. The first-order chi connectivity index (χ1) is 12.2. The van der Waals surface area contributed by atoms with E-state index in [4.69, 9.17) is 0 Å². The Morgan fingerprint density at radius 2 is 1.92 bits per heavy atom. The number of anilines is 2. The van der Waals surface area contributed by atoms with Crippen molar-refractivity contribution >= 4 is 63.4 Å². The molecular weight excluding hydrogens is 393 g/mol. The smallest absolute Gasteiger partial charge is 0.258 e. The molecule has 0 fully saturated rings. The molecule has 127 valence electrons. The van der Waals surface area contributed by atoms with Crippen LogP contribution >= 0.6 is 15.9 Å². The van der Waals surface area contributed by atoms with E-state index in [0.717, 1.165) is 21.3 Å². The summed E-state index contributed by atoms with van der Waals surface area (Å²) < 4.78 is 0.857. The van der Waals surface area contributed by atoms with E-state index in [9.17, 15) is 15.1 Å². The van der Waals surface area contributed by atoms with E-state index in [0.29, 0.717) is 22.7 Å². The van der Waals surface area contributed by atoms with Gasteiger partial charge in [0.05, 0.1) is 29.3 Å². The van der Waals surface area contributed by atoms with E-state index in [1.165, 1.54) is 0 Å².